The van der Waals surface area contributed by atoms with Crippen LogP contribution in [0.1, 0.15) is 12.8 Å². The number of nitrogens with one attached hydrogen (secondary N) is 1. The smallest absolute Gasteiger partial charge is 0.224 e. The van der Waals surface area contributed by atoms with Crippen molar-refractivity contribution in [3.05, 3.63) is 0 Å². The lowest BCUT2D eigenvalue weighted by Crippen LogP contribution is -2.40. The zero-order valence-corrected chi connectivity index (χ0v) is 8.99. The Kier molecular flexibility index (Phi) is 2.74. The topological polar surface area (TPSA) is 35.6 Å². The van der Waals surface area contributed by atoms with Crippen LogP contribution >= 0.6 is 0 Å². The quantitative estimate of drug-likeness (QED) is 0.649. The molecule has 1 amide bonds. The summed E-state index contributed by atoms with van der Waals surface area (Å²) < 4.78 is 0. The highest BCUT2D eigenvalue weighted by molar-refractivity contribution is 5.78. The van der Waals surface area contributed by atoms with Crippen LogP contribution < -0.4 is 5.32 Å². The number of nitrogens with zero attached hydrogens (tertiary/aromatic N) is 2. The Balaban J connectivity index is 1.79. The molecule has 0 aliphatic carbocycles. The standard InChI is InChI=1S/C10H19N3O/c1-12-4-3-8(6-12)11-9-5-10(14)13(2)7-9/h8-9,11H,3-7H2,1-2H3. The lowest BCUT2D eigenvalue weighted by Gasteiger charge is -2.18. The van der Waals surface area contributed by atoms with E-state index in [1.807, 2.05) is 11.9 Å². The lowest BCUT2D eigenvalue weighted by atomic mass is 10.2. The molecule has 14 heavy (non-hydrogen) atoms. The van der Waals surface area contributed by atoms with Crippen molar-refractivity contribution in [2.24, 2.45) is 0 Å². The number of rotatable bonds is 2. The molecule has 80 valence electrons. The van der Waals surface area contributed by atoms with E-state index in [0.717, 1.165) is 13.1 Å². The van der Waals surface area contributed by atoms with Gasteiger partial charge in [0.2, 0.25) is 5.91 Å². The zero-order valence-electron chi connectivity index (χ0n) is 8.99. The summed E-state index contributed by atoms with van der Waals surface area (Å²) in [6.07, 6.45) is 1.89. The van der Waals surface area contributed by atoms with Crippen LogP contribution in [0.5, 0.6) is 0 Å². The molecular formula is C10H19N3O. The summed E-state index contributed by atoms with van der Waals surface area (Å²) in [6, 6.07) is 0.966. The largest absolute Gasteiger partial charge is 0.344 e. The molecule has 2 rings (SSSR count). The Bertz CT molecular complexity index is 231. The average Bonchev–Trinajstić information content (AvgIpc) is 2.62. The Labute approximate surface area is 85.2 Å². The van der Waals surface area contributed by atoms with E-state index >= 15 is 0 Å². The first-order chi connectivity index (χ1) is 6.65. The maximum absolute atomic E-state index is 11.3. The molecule has 2 saturated heterocycles. The Morgan fingerprint density at radius 2 is 2.07 bits per heavy atom. The van der Waals surface area contributed by atoms with Crippen LogP contribution in [0.2, 0.25) is 0 Å². The molecule has 0 aromatic rings. The van der Waals surface area contributed by atoms with E-state index in [2.05, 4.69) is 17.3 Å². The number of likely N-dealkylation sites (tertiary alicyclic amines) is 2. The molecule has 0 saturated carbocycles. The Hall–Kier alpha value is -0.610. The summed E-state index contributed by atoms with van der Waals surface area (Å²) in [4.78, 5) is 15.4. The van der Waals surface area contributed by atoms with Crippen molar-refractivity contribution in [2.75, 3.05) is 33.7 Å². The van der Waals surface area contributed by atoms with E-state index in [9.17, 15) is 4.79 Å². The SMILES string of the molecule is CN1CCC(NC2CC(=O)N(C)C2)C1. The predicted molar refractivity (Wildman–Crippen MR) is 55.1 cm³/mol. The first-order valence-electron chi connectivity index (χ1n) is 5.33. The summed E-state index contributed by atoms with van der Waals surface area (Å²) in [5.74, 6) is 0.272. The third kappa shape index (κ3) is 2.07. The fraction of sp³-hybridized carbons (Fsp3) is 0.900. The fourth-order valence-corrected chi connectivity index (χ4v) is 2.38. The monoisotopic (exact) mass is 197 g/mol. The molecule has 2 aliphatic heterocycles. The molecule has 0 radical (unpaired) electrons. The highest BCUT2D eigenvalue weighted by Crippen LogP contribution is 2.13. The normalized spacial score (nSPS) is 34.4. The minimum absolute atomic E-state index is 0.272. The second kappa shape index (κ2) is 3.87. The van der Waals surface area contributed by atoms with Gasteiger partial charge in [-0.15, -0.1) is 0 Å². The molecule has 4 heteroatoms. The van der Waals surface area contributed by atoms with Crippen molar-refractivity contribution in [3.63, 3.8) is 0 Å². The highest BCUT2D eigenvalue weighted by atomic mass is 16.2. The van der Waals surface area contributed by atoms with E-state index in [0.29, 0.717) is 18.5 Å². The third-order valence-electron chi connectivity index (χ3n) is 3.20. The van der Waals surface area contributed by atoms with Crippen LogP contribution in [0.15, 0.2) is 0 Å². The third-order valence-corrected chi connectivity index (χ3v) is 3.20. The summed E-state index contributed by atoms with van der Waals surface area (Å²) in [7, 11) is 4.03. The summed E-state index contributed by atoms with van der Waals surface area (Å²) >= 11 is 0. The second-order valence-electron chi connectivity index (χ2n) is 4.59. The molecule has 2 fully saturated rings. The molecule has 0 aromatic heterocycles. The van der Waals surface area contributed by atoms with Gasteiger partial charge in [-0.25, -0.2) is 0 Å². The summed E-state index contributed by atoms with van der Waals surface area (Å²) in [5.41, 5.74) is 0. The number of amides is 1. The van der Waals surface area contributed by atoms with Gasteiger partial charge in [-0.3, -0.25) is 4.79 Å². The van der Waals surface area contributed by atoms with E-state index in [4.69, 9.17) is 0 Å². The average molecular weight is 197 g/mol. The van der Waals surface area contributed by atoms with Gasteiger partial charge < -0.3 is 15.1 Å². The molecule has 0 bridgehead atoms. The van der Waals surface area contributed by atoms with Crippen molar-refractivity contribution in [2.45, 2.75) is 24.9 Å². The lowest BCUT2D eigenvalue weighted by molar-refractivity contribution is -0.126. The molecule has 2 heterocycles. The number of likely N-dealkylation sites (N-methyl/N-ethyl adjacent to an activating group) is 2. The van der Waals surface area contributed by atoms with Gasteiger partial charge in [0, 0.05) is 38.6 Å². The Morgan fingerprint density at radius 1 is 1.29 bits per heavy atom. The second-order valence-corrected chi connectivity index (χ2v) is 4.59. The van der Waals surface area contributed by atoms with Gasteiger partial charge in [-0.1, -0.05) is 0 Å². The van der Waals surface area contributed by atoms with Crippen LogP contribution in [-0.2, 0) is 4.79 Å². The molecule has 0 aromatic carbocycles. The van der Waals surface area contributed by atoms with Gasteiger partial charge >= 0.3 is 0 Å². The van der Waals surface area contributed by atoms with Crippen LogP contribution in [0.4, 0.5) is 0 Å². The van der Waals surface area contributed by atoms with E-state index in [-0.39, 0.29) is 5.91 Å². The molecule has 4 nitrogen and oxygen atoms in total. The summed E-state index contributed by atoms with van der Waals surface area (Å²) in [6.45, 7) is 3.17. The van der Waals surface area contributed by atoms with Crippen LogP contribution in [0.25, 0.3) is 0 Å². The highest BCUT2D eigenvalue weighted by Gasteiger charge is 2.29. The first-order valence-corrected chi connectivity index (χ1v) is 5.33. The van der Waals surface area contributed by atoms with Gasteiger partial charge in [0.1, 0.15) is 0 Å². The van der Waals surface area contributed by atoms with Crippen LogP contribution in [-0.4, -0.2) is 61.5 Å². The van der Waals surface area contributed by atoms with Gasteiger partial charge in [0.05, 0.1) is 0 Å². The van der Waals surface area contributed by atoms with Crippen LogP contribution in [0.3, 0.4) is 0 Å². The van der Waals surface area contributed by atoms with Crippen molar-refractivity contribution in [1.82, 2.24) is 15.1 Å². The minimum Gasteiger partial charge on any atom is -0.344 e. The number of carbonyl (C=O) groups excluding carboxylic acids is 1. The molecule has 2 unspecified atom stereocenters. The van der Waals surface area contributed by atoms with Gasteiger partial charge in [0.15, 0.2) is 0 Å². The maximum Gasteiger partial charge on any atom is 0.224 e. The van der Waals surface area contributed by atoms with Crippen molar-refractivity contribution in [3.8, 4) is 0 Å². The van der Waals surface area contributed by atoms with Crippen molar-refractivity contribution >= 4 is 5.91 Å². The molecule has 2 atom stereocenters. The van der Waals surface area contributed by atoms with Gasteiger partial charge in [-0.2, -0.15) is 0 Å². The number of hydrogen-bond acceptors (Lipinski definition) is 3. The fourth-order valence-electron chi connectivity index (χ4n) is 2.38. The molecule has 0 spiro atoms. The first kappa shape index (κ1) is 9.93. The maximum atomic E-state index is 11.3. The van der Waals surface area contributed by atoms with E-state index in [1.165, 1.54) is 13.0 Å². The molecular weight excluding hydrogens is 178 g/mol. The predicted octanol–water partition coefficient (Wildman–Crippen LogP) is -0.489. The number of hydrogen-bond donors (Lipinski definition) is 1. The van der Waals surface area contributed by atoms with E-state index in [1.54, 1.807) is 0 Å². The van der Waals surface area contributed by atoms with E-state index < -0.39 is 0 Å². The Morgan fingerprint density at radius 3 is 2.57 bits per heavy atom. The number of carbonyl (C=O) groups is 1. The van der Waals surface area contributed by atoms with Crippen LogP contribution in [0, 0.1) is 0 Å². The van der Waals surface area contributed by atoms with Gasteiger partial charge in [0.25, 0.3) is 0 Å². The molecule has 2 aliphatic rings. The zero-order chi connectivity index (χ0) is 10.1. The summed E-state index contributed by atoms with van der Waals surface area (Å²) in [5, 5.41) is 3.56. The van der Waals surface area contributed by atoms with Gasteiger partial charge in [-0.05, 0) is 20.0 Å². The molecule has 1 N–H and O–H groups in total. The minimum atomic E-state index is 0.272. The van der Waals surface area contributed by atoms with Crippen molar-refractivity contribution < 1.29 is 4.79 Å². The van der Waals surface area contributed by atoms with Crippen molar-refractivity contribution in [1.29, 1.82) is 0 Å².